The van der Waals surface area contributed by atoms with Gasteiger partial charge in [0.2, 0.25) is 5.60 Å². The maximum atomic E-state index is 13.5. The summed E-state index contributed by atoms with van der Waals surface area (Å²) in [6, 6.07) is 3.98. The maximum absolute atomic E-state index is 13.5. The molecule has 1 spiro atoms. The first kappa shape index (κ1) is 20.0. The number of rotatable bonds is 4. The second-order valence-corrected chi connectivity index (χ2v) is 8.36. The van der Waals surface area contributed by atoms with Crippen molar-refractivity contribution >= 4 is 11.9 Å². The van der Waals surface area contributed by atoms with Crippen molar-refractivity contribution in [3.63, 3.8) is 0 Å². The first-order chi connectivity index (χ1) is 13.8. The van der Waals surface area contributed by atoms with Crippen LogP contribution < -0.4 is 9.47 Å². The Morgan fingerprint density at radius 1 is 1.24 bits per heavy atom. The van der Waals surface area contributed by atoms with Crippen LogP contribution in [0.15, 0.2) is 12.1 Å². The molecule has 4 rings (SSSR count). The van der Waals surface area contributed by atoms with E-state index >= 15 is 0 Å². The van der Waals surface area contributed by atoms with Gasteiger partial charge in [-0.15, -0.1) is 0 Å². The highest BCUT2D eigenvalue weighted by atomic mass is 16.6. The number of ether oxygens (including phenoxy) is 3. The molecule has 29 heavy (non-hydrogen) atoms. The van der Waals surface area contributed by atoms with Crippen molar-refractivity contribution in [3.05, 3.63) is 23.3 Å². The fourth-order valence-electron chi connectivity index (χ4n) is 5.94. The fourth-order valence-corrected chi connectivity index (χ4v) is 5.94. The molecule has 0 aromatic heterocycles. The Balaban J connectivity index is 1.88. The van der Waals surface area contributed by atoms with E-state index in [0.717, 1.165) is 24.0 Å². The lowest BCUT2D eigenvalue weighted by Crippen LogP contribution is -2.70. The zero-order chi connectivity index (χ0) is 21.0. The molecule has 1 N–H and O–H groups in total. The lowest BCUT2D eigenvalue weighted by Gasteiger charge is -2.57. The number of amides is 1. The zero-order valence-electron chi connectivity index (χ0n) is 17.5. The summed E-state index contributed by atoms with van der Waals surface area (Å²) < 4.78 is 16.1. The van der Waals surface area contributed by atoms with E-state index in [1.54, 1.807) is 26.0 Å². The Bertz CT molecular complexity index is 854. The van der Waals surface area contributed by atoms with Crippen molar-refractivity contribution in [2.45, 2.75) is 50.7 Å². The van der Waals surface area contributed by atoms with Crippen molar-refractivity contribution in [2.24, 2.45) is 11.8 Å². The molecule has 4 atom stereocenters. The second kappa shape index (κ2) is 6.90. The number of benzene rings is 1. The van der Waals surface area contributed by atoms with Gasteiger partial charge in [0.25, 0.3) is 5.91 Å². The average molecular weight is 403 g/mol. The van der Waals surface area contributed by atoms with Crippen molar-refractivity contribution in [1.82, 2.24) is 4.90 Å². The van der Waals surface area contributed by atoms with Crippen LogP contribution in [0.1, 0.15) is 44.2 Å². The number of piperidine rings is 1. The number of hydrogen-bond donors (Lipinski definition) is 1. The average Bonchev–Trinajstić information content (AvgIpc) is 3.03. The number of aliphatic hydroxyl groups is 1. The van der Waals surface area contributed by atoms with E-state index in [1.165, 1.54) is 0 Å². The van der Waals surface area contributed by atoms with Crippen LogP contribution in [0.4, 0.5) is 0 Å². The minimum atomic E-state index is -2.11. The van der Waals surface area contributed by atoms with E-state index in [-0.39, 0.29) is 24.9 Å². The lowest BCUT2D eigenvalue weighted by molar-refractivity contribution is -0.195. The first-order valence-corrected chi connectivity index (χ1v) is 10.3. The molecule has 0 unspecified atom stereocenters. The molecular formula is C22H29NO6. The van der Waals surface area contributed by atoms with Gasteiger partial charge >= 0.3 is 5.97 Å². The lowest BCUT2D eigenvalue weighted by atomic mass is 9.63. The predicted molar refractivity (Wildman–Crippen MR) is 105 cm³/mol. The third kappa shape index (κ3) is 2.52. The third-order valence-electron chi connectivity index (χ3n) is 7.17. The summed E-state index contributed by atoms with van der Waals surface area (Å²) >= 11 is 0. The van der Waals surface area contributed by atoms with Crippen molar-refractivity contribution in [2.75, 3.05) is 27.4 Å². The smallest absolute Gasteiger partial charge is 0.348 e. The summed E-state index contributed by atoms with van der Waals surface area (Å²) in [6.45, 7) is 4.40. The number of nitrogens with zero attached hydrogens (tertiary/aromatic N) is 1. The summed E-state index contributed by atoms with van der Waals surface area (Å²) in [6.07, 6.45) is 2.46. The van der Waals surface area contributed by atoms with Gasteiger partial charge in [-0.1, -0.05) is 6.92 Å². The Morgan fingerprint density at radius 2 is 1.93 bits per heavy atom. The molecule has 1 aliphatic carbocycles. The number of esters is 1. The van der Waals surface area contributed by atoms with Gasteiger partial charge in [-0.05, 0) is 61.3 Å². The Morgan fingerprint density at radius 3 is 2.59 bits per heavy atom. The van der Waals surface area contributed by atoms with Gasteiger partial charge in [0.05, 0.1) is 26.4 Å². The van der Waals surface area contributed by atoms with E-state index in [2.05, 4.69) is 6.92 Å². The Kier molecular flexibility index (Phi) is 4.76. The van der Waals surface area contributed by atoms with Gasteiger partial charge in [-0.25, -0.2) is 4.79 Å². The van der Waals surface area contributed by atoms with Gasteiger partial charge in [0, 0.05) is 13.0 Å². The van der Waals surface area contributed by atoms with E-state index < -0.39 is 23.0 Å². The highest BCUT2D eigenvalue weighted by Gasteiger charge is 2.67. The van der Waals surface area contributed by atoms with Crippen LogP contribution in [0.5, 0.6) is 11.5 Å². The summed E-state index contributed by atoms with van der Waals surface area (Å²) in [4.78, 5) is 27.8. The molecule has 7 nitrogen and oxygen atoms in total. The zero-order valence-corrected chi connectivity index (χ0v) is 17.5. The van der Waals surface area contributed by atoms with Crippen LogP contribution in [0, 0.1) is 11.8 Å². The van der Waals surface area contributed by atoms with Gasteiger partial charge < -0.3 is 24.2 Å². The molecular weight excluding hydrogens is 374 g/mol. The van der Waals surface area contributed by atoms with E-state index in [0.29, 0.717) is 24.5 Å². The molecule has 1 amide bonds. The summed E-state index contributed by atoms with van der Waals surface area (Å²) in [5.41, 5.74) is -0.478. The molecule has 1 aromatic carbocycles. The highest BCUT2D eigenvalue weighted by Crippen LogP contribution is 2.60. The molecule has 0 radical (unpaired) electrons. The third-order valence-corrected chi connectivity index (χ3v) is 7.17. The number of carbonyl (C=O) groups excluding carboxylic acids is 2. The quantitative estimate of drug-likeness (QED) is 0.612. The van der Waals surface area contributed by atoms with Crippen molar-refractivity contribution in [3.8, 4) is 11.5 Å². The Labute approximate surface area is 170 Å². The molecule has 3 aliphatic rings. The SMILES string of the molecule is CCOC(=O)[C@]1(O)C[C@H]2CC[C@@H](C)[C@]23c2cc(OC)c(OC)cc2CCN3C1=O. The predicted octanol–water partition coefficient (Wildman–Crippen LogP) is 2.03. The topological polar surface area (TPSA) is 85.3 Å². The number of carbonyl (C=O) groups is 2. The number of methoxy groups -OCH3 is 2. The minimum Gasteiger partial charge on any atom is -0.493 e. The van der Waals surface area contributed by atoms with Crippen LogP contribution in [-0.4, -0.2) is 54.9 Å². The van der Waals surface area contributed by atoms with Gasteiger partial charge in [0.15, 0.2) is 11.5 Å². The van der Waals surface area contributed by atoms with E-state index in [9.17, 15) is 14.7 Å². The van der Waals surface area contributed by atoms with Crippen molar-refractivity contribution < 1.29 is 28.9 Å². The van der Waals surface area contributed by atoms with Crippen LogP contribution in [0.3, 0.4) is 0 Å². The van der Waals surface area contributed by atoms with E-state index in [1.807, 2.05) is 12.1 Å². The summed E-state index contributed by atoms with van der Waals surface area (Å²) in [5, 5.41) is 11.1. The van der Waals surface area contributed by atoms with Crippen LogP contribution in [0.2, 0.25) is 0 Å². The highest BCUT2D eigenvalue weighted by molar-refractivity contribution is 6.07. The Hall–Kier alpha value is -2.28. The molecule has 158 valence electrons. The van der Waals surface area contributed by atoms with E-state index in [4.69, 9.17) is 14.2 Å². The van der Waals surface area contributed by atoms with Gasteiger partial charge in [-0.3, -0.25) is 4.79 Å². The fraction of sp³-hybridized carbons (Fsp3) is 0.636. The molecule has 1 saturated heterocycles. The standard InChI is InChI=1S/C22H29NO6/c1-5-29-20(25)21(26)12-15-7-6-13(2)22(15)16-11-18(28-4)17(27-3)10-14(16)8-9-23(22)19(21)24/h10-11,13,15,26H,5-9,12H2,1-4H3/t13-,15-,21+,22-/m1/s1. The van der Waals surface area contributed by atoms with Crippen LogP contribution in [0.25, 0.3) is 0 Å². The van der Waals surface area contributed by atoms with Crippen LogP contribution in [-0.2, 0) is 26.3 Å². The normalized spacial score (nSPS) is 32.9. The number of hydrogen-bond acceptors (Lipinski definition) is 6. The summed E-state index contributed by atoms with van der Waals surface area (Å²) in [7, 11) is 3.21. The second-order valence-electron chi connectivity index (χ2n) is 8.36. The van der Waals surface area contributed by atoms with Gasteiger partial charge in [0.1, 0.15) is 0 Å². The molecule has 2 heterocycles. The molecule has 1 saturated carbocycles. The molecule has 1 aromatic rings. The maximum Gasteiger partial charge on any atom is 0.348 e. The first-order valence-electron chi connectivity index (χ1n) is 10.3. The van der Waals surface area contributed by atoms with Crippen LogP contribution >= 0.6 is 0 Å². The number of fused-ring (bicyclic) bond motifs is 1. The van der Waals surface area contributed by atoms with Gasteiger partial charge in [-0.2, -0.15) is 0 Å². The molecule has 2 fully saturated rings. The van der Waals surface area contributed by atoms with Crippen molar-refractivity contribution in [1.29, 1.82) is 0 Å². The minimum absolute atomic E-state index is 0.0400. The molecule has 0 bridgehead atoms. The monoisotopic (exact) mass is 403 g/mol. The molecule has 7 heteroatoms. The summed E-state index contributed by atoms with van der Waals surface area (Å²) in [5.74, 6) is 0.0715. The largest absolute Gasteiger partial charge is 0.493 e. The molecule has 2 aliphatic heterocycles.